The molecule has 0 aromatic rings. The van der Waals surface area contributed by atoms with Crippen molar-refractivity contribution in [3.63, 3.8) is 0 Å². The van der Waals surface area contributed by atoms with Crippen molar-refractivity contribution >= 4 is 0 Å². The normalized spacial score (nSPS) is 25.3. The molecule has 1 nitrogen and oxygen atoms in total. The Morgan fingerprint density at radius 1 is 1.29 bits per heavy atom. The fourth-order valence-electron chi connectivity index (χ4n) is 2.09. The number of alkyl halides is 3. The number of rotatable bonds is 3. The van der Waals surface area contributed by atoms with E-state index in [-0.39, 0.29) is 6.54 Å². The van der Waals surface area contributed by atoms with Crippen molar-refractivity contribution in [3.05, 3.63) is 0 Å². The molecule has 4 heteroatoms. The number of halogens is 3. The van der Waals surface area contributed by atoms with Crippen LogP contribution in [0.25, 0.3) is 0 Å². The Morgan fingerprint density at radius 2 is 2.00 bits per heavy atom. The quantitative estimate of drug-likeness (QED) is 0.690. The first kappa shape index (κ1) is 11.8. The van der Waals surface area contributed by atoms with Gasteiger partial charge in [-0.15, -0.1) is 0 Å². The van der Waals surface area contributed by atoms with E-state index in [1.54, 1.807) is 0 Å². The highest BCUT2D eigenvalue weighted by Crippen LogP contribution is 2.24. The second-order valence-electron chi connectivity index (χ2n) is 3.96. The van der Waals surface area contributed by atoms with Gasteiger partial charge in [0, 0.05) is 12.6 Å². The van der Waals surface area contributed by atoms with Crippen molar-refractivity contribution in [1.82, 2.24) is 4.90 Å². The van der Waals surface area contributed by atoms with Crippen LogP contribution in [0.5, 0.6) is 0 Å². The number of hydrogen-bond donors (Lipinski definition) is 0. The molecule has 0 saturated carbocycles. The highest BCUT2D eigenvalue weighted by atomic mass is 19.4. The smallest absolute Gasteiger partial charge is 0.300 e. The predicted octanol–water partition coefficient (Wildman–Crippen LogP) is 3.20. The lowest BCUT2D eigenvalue weighted by molar-refractivity contribution is -0.139. The molecule has 0 aromatic heterocycles. The Kier molecular flexibility index (Phi) is 4.23. The molecule has 1 aliphatic heterocycles. The van der Waals surface area contributed by atoms with Crippen molar-refractivity contribution in [2.45, 2.75) is 51.2 Å². The Morgan fingerprint density at radius 3 is 2.57 bits per heavy atom. The van der Waals surface area contributed by atoms with E-state index in [4.69, 9.17) is 0 Å². The number of nitrogens with zero attached hydrogens (tertiary/aromatic N) is 1. The molecule has 14 heavy (non-hydrogen) atoms. The minimum Gasteiger partial charge on any atom is -0.300 e. The Bertz CT molecular complexity index is 167. The van der Waals surface area contributed by atoms with E-state index in [1.807, 2.05) is 4.90 Å². The summed E-state index contributed by atoms with van der Waals surface area (Å²) in [4.78, 5) is 2.00. The van der Waals surface area contributed by atoms with Gasteiger partial charge in [-0.25, -0.2) is 0 Å². The topological polar surface area (TPSA) is 3.24 Å². The summed E-state index contributed by atoms with van der Waals surface area (Å²) in [5, 5.41) is 0. The highest BCUT2D eigenvalue weighted by molar-refractivity contribution is 4.76. The average molecular weight is 209 g/mol. The van der Waals surface area contributed by atoms with Gasteiger partial charge in [0.05, 0.1) is 6.42 Å². The lowest BCUT2D eigenvalue weighted by atomic mass is 10.00. The summed E-state index contributed by atoms with van der Waals surface area (Å²) in [6, 6.07) is 0.381. The van der Waals surface area contributed by atoms with E-state index >= 15 is 0 Å². The molecule has 1 atom stereocenters. The lowest BCUT2D eigenvalue weighted by Gasteiger charge is -2.35. The minimum absolute atomic E-state index is 0.183. The van der Waals surface area contributed by atoms with Crippen LogP contribution in [0.4, 0.5) is 13.2 Å². The summed E-state index contributed by atoms with van der Waals surface area (Å²) < 4.78 is 36.0. The van der Waals surface area contributed by atoms with E-state index in [1.165, 1.54) is 6.42 Å². The molecular weight excluding hydrogens is 191 g/mol. The predicted molar refractivity (Wildman–Crippen MR) is 50.2 cm³/mol. The Balaban J connectivity index is 2.33. The van der Waals surface area contributed by atoms with Crippen LogP contribution >= 0.6 is 0 Å². The summed E-state index contributed by atoms with van der Waals surface area (Å²) in [6.07, 6.45) is -0.416. The van der Waals surface area contributed by atoms with Crippen LogP contribution in [0, 0.1) is 0 Å². The number of hydrogen-bond acceptors (Lipinski definition) is 1. The third-order valence-corrected chi connectivity index (χ3v) is 2.90. The van der Waals surface area contributed by atoms with Crippen molar-refractivity contribution in [3.8, 4) is 0 Å². The van der Waals surface area contributed by atoms with Crippen molar-refractivity contribution in [2.75, 3.05) is 13.1 Å². The van der Waals surface area contributed by atoms with E-state index < -0.39 is 12.6 Å². The monoisotopic (exact) mass is 209 g/mol. The van der Waals surface area contributed by atoms with Gasteiger partial charge < -0.3 is 4.90 Å². The third-order valence-electron chi connectivity index (χ3n) is 2.90. The zero-order chi connectivity index (χ0) is 10.6. The molecule has 1 fully saturated rings. The molecule has 1 unspecified atom stereocenters. The van der Waals surface area contributed by atoms with Gasteiger partial charge >= 0.3 is 6.18 Å². The standard InChI is InChI=1S/C10H18F3N/c1-2-9-5-3-4-7-14(9)8-6-10(11,12)13/h9H,2-8H2,1H3. The van der Waals surface area contributed by atoms with Gasteiger partial charge in [-0.05, 0) is 25.8 Å². The molecule has 1 heterocycles. The van der Waals surface area contributed by atoms with Gasteiger partial charge in [-0.1, -0.05) is 13.3 Å². The summed E-state index contributed by atoms with van der Waals surface area (Å²) in [6.45, 7) is 3.08. The van der Waals surface area contributed by atoms with Gasteiger partial charge in [-0.2, -0.15) is 13.2 Å². The fraction of sp³-hybridized carbons (Fsp3) is 1.00. The molecule has 1 rings (SSSR count). The van der Waals surface area contributed by atoms with Crippen molar-refractivity contribution in [1.29, 1.82) is 0 Å². The summed E-state index contributed by atoms with van der Waals surface area (Å²) in [5.41, 5.74) is 0. The van der Waals surface area contributed by atoms with Gasteiger partial charge in [0.15, 0.2) is 0 Å². The first-order valence-corrected chi connectivity index (χ1v) is 5.33. The van der Waals surface area contributed by atoms with Gasteiger partial charge in [0.25, 0.3) is 0 Å². The van der Waals surface area contributed by atoms with Crippen LogP contribution in [-0.2, 0) is 0 Å². The van der Waals surface area contributed by atoms with Crippen LogP contribution in [-0.4, -0.2) is 30.2 Å². The fourth-order valence-corrected chi connectivity index (χ4v) is 2.09. The first-order chi connectivity index (χ1) is 6.53. The van der Waals surface area contributed by atoms with Crippen LogP contribution in [0.15, 0.2) is 0 Å². The second-order valence-corrected chi connectivity index (χ2v) is 3.96. The Labute approximate surface area is 83.3 Å². The summed E-state index contributed by atoms with van der Waals surface area (Å²) in [5.74, 6) is 0. The molecule has 0 bridgehead atoms. The largest absolute Gasteiger partial charge is 0.390 e. The molecule has 0 aliphatic carbocycles. The van der Waals surface area contributed by atoms with E-state index in [0.29, 0.717) is 6.04 Å². The molecular formula is C10H18F3N. The Hall–Kier alpha value is -0.250. The maximum absolute atomic E-state index is 12.0. The molecule has 0 aromatic carbocycles. The first-order valence-electron chi connectivity index (χ1n) is 5.33. The van der Waals surface area contributed by atoms with Gasteiger partial charge in [0.1, 0.15) is 0 Å². The number of piperidine rings is 1. The maximum Gasteiger partial charge on any atom is 0.390 e. The SMILES string of the molecule is CCC1CCCCN1CCC(F)(F)F. The molecule has 1 saturated heterocycles. The molecule has 84 valence electrons. The van der Waals surface area contributed by atoms with Crippen LogP contribution in [0.1, 0.15) is 39.0 Å². The summed E-state index contributed by atoms with van der Waals surface area (Å²) >= 11 is 0. The van der Waals surface area contributed by atoms with Gasteiger partial charge in [-0.3, -0.25) is 0 Å². The molecule has 0 N–H and O–H groups in total. The van der Waals surface area contributed by atoms with Crippen LogP contribution in [0.2, 0.25) is 0 Å². The summed E-state index contributed by atoms with van der Waals surface area (Å²) in [7, 11) is 0. The van der Waals surface area contributed by atoms with Crippen LogP contribution in [0.3, 0.4) is 0 Å². The molecule has 0 radical (unpaired) electrons. The average Bonchev–Trinajstić information content (AvgIpc) is 2.14. The minimum atomic E-state index is -4.00. The third kappa shape index (κ3) is 3.86. The van der Waals surface area contributed by atoms with Crippen molar-refractivity contribution in [2.24, 2.45) is 0 Å². The zero-order valence-electron chi connectivity index (χ0n) is 8.61. The van der Waals surface area contributed by atoms with E-state index in [9.17, 15) is 13.2 Å². The van der Waals surface area contributed by atoms with Crippen molar-refractivity contribution < 1.29 is 13.2 Å². The molecule has 0 amide bonds. The van der Waals surface area contributed by atoms with Gasteiger partial charge in [0.2, 0.25) is 0 Å². The lowest BCUT2D eigenvalue weighted by Crippen LogP contribution is -2.40. The zero-order valence-corrected chi connectivity index (χ0v) is 8.61. The second kappa shape index (κ2) is 5.01. The maximum atomic E-state index is 12.0. The van der Waals surface area contributed by atoms with Crippen LogP contribution < -0.4 is 0 Å². The molecule has 1 aliphatic rings. The van der Waals surface area contributed by atoms with E-state index in [0.717, 1.165) is 25.8 Å². The van der Waals surface area contributed by atoms with E-state index in [2.05, 4.69) is 6.92 Å². The number of likely N-dealkylation sites (tertiary alicyclic amines) is 1. The molecule has 0 spiro atoms. The highest BCUT2D eigenvalue weighted by Gasteiger charge is 2.30.